The summed E-state index contributed by atoms with van der Waals surface area (Å²) in [6, 6.07) is 2.20. The Labute approximate surface area is 114 Å². The second-order valence-corrected chi connectivity index (χ2v) is 5.17. The highest BCUT2D eigenvalue weighted by Crippen LogP contribution is 2.39. The van der Waals surface area contributed by atoms with E-state index in [9.17, 15) is 5.11 Å². The van der Waals surface area contributed by atoms with E-state index in [-0.39, 0.29) is 6.61 Å². The van der Waals surface area contributed by atoms with Gasteiger partial charge in [0.15, 0.2) is 0 Å². The first-order chi connectivity index (χ1) is 9.19. The highest BCUT2D eigenvalue weighted by Gasteiger charge is 2.28. The van der Waals surface area contributed by atoms with Gasteiger partial charge in [-0.3, -0.25) is 0 Å². The number of nitrogens with two attached hydrogens (primary N) is 1. The first-order valence-electron chi connectivity index (χ1n) is 7.21. The maximum atomic E-state index is 9.28. The van der Waals surface area contributed by atoms with Crippen molar-refractivity contribution in [2.75, 3.05) is 23.8 Å². The first kappa shape index (κ1) is 14.1. The molecule has 0 bridgehead atoms. The summed E-state index contributed by atoms with van der Waals surface area (Å²) in [5, 5.41) is 9.28. The number of nitrogen functional groups attached to an aromatic ring is 1. The molecule has 0 unspecified atom stereocenters. The van der Waals surface area contributed by atoms with Gasteiger partial charge in [0.25, 0.3) is 0 Å². The van der Waals surface area contributed by atoms with Gasteiger partial charge in [0.1, 0.15) is 17.5 Å². The summed E-state index contributed by atoms with van der Waals surface area (Å²) in [4.78, 5) is 11.1. The Morgan fingerprint density at radius 3 is 2.58 bits per heavy atom. The highest BCUT2D eigenvalue weighted by molar-refractivity contribution is 5.48. The van der Waals surface area contributed by atoms with Gasteiger partial charge in [-0.15, -0.1) is 0 Å². The number of rotatable bonds is 7. The standard InChI is InChI=1S/C14H24N4O/c1-3-11(4-2)18(7-8-19)13-9-12(15)16-14(17-13)10-5-6-10/h9-11,19H,3-8H2,1-2H3,(H2,15,16,17). The predicted octanol–water partition coefficient (Wildman–Crippen LogP) is 1.92. The van der Waals surface area contributed by atoms with Crippen LogP contribution in [0.3, 0.4) is 0 Å². The lowest BCUT2D eigenvalue weighted by Crippen LogP contribution is -2.37. The molecule has 1 saturated carbocycles. The molecule has 0 aliphatic heterocycles. The zero-order valence-corrected chi connectivity index (χ0v) is 11.8. The fourth-order valence-corrected chi connectivity index (χ4v) is 2.46. The van der Waals surface area contributed by atoms with Gasteiger partial charge in [-0.25, -0.2) is 9.97 Å². The van der Waals surface area contributed by atoms with E-state index in [1.165, 1.54) is 0 Å². The molecule has 1 fully saturated rings. The average Bonchev–Trinajstić information content (AvgIpc) is 3.22. The van der Waals surface area contributed by atoms with Crippen LogP contribution < -0.4 is 10.6 Å². The molecule has 0 atom stereocenters. The minimum atomic E-state index is 0.124. The lowest BCUT2D eigenvalue weighted by Gasteiger charge is -2.31. The second kappa shape index (κ2) is 6.19. The SMILES string of the molecule is CCC(CC)N(CCO)c1cc(N)nc(C2CC2)n1. The highest BCUT2D eigenvalue weighted by atomic mass is 16.3. The van der Waals surface area contributed by atoms with E-state index in [2.05, 4.69) is 28.7 Å². The van der Waals surface area contributed by atoms with Crippen LogP contribution in [0.2, 0.25) is 0 Å². The van der Waals surface area contributed by atoms with E-state index >= 15 is 0 Å². The monoisotopic (exact) mass is 264 g/mol. The fourth-order valence-electron chi connectivity index (χ4n) is 2.46. The summed E-state index contributed by atoms with van der Waals surface area (Å²) >= 11 is 0. The van der Waals surface area contributed by atoms with Crippen molar-refractivity contribution < 1.29 is 5.11 Å². The molecule has 1 aromatic heterocycles. The minimum Gasteiger partial charge on any atom is -0.395 e. The summed E-state index contributed by atoms with van der Waals surface area (Å²) in [6.07, 6.45) is 4.38. The summed E-state index contributed by atoms with van der Waals surface area (Å²) in [6.45, 7) is 5.03. The molecule has 0 radical (unpaired) electrons. The van der Waals surface area contributed by atoms with E-state index < -0.39 is 0 Å². The van der Waals surface area contributed by atoms with Gasteiger partial charge in [-0.1, -0.05) is 13.8 Å². The van der Waals surface area contributed by atoms with Gasteiger partial charge in [-0.2, -0.15) is 0 Å². The number of aliphatic hydroxyl groups is 1. The molecule has 1 aliphatic rings. The van der Waals surface area contributed by atoms with Crippen LogP contribution >= 0.6 is 0 Å². The Morgan fingerprint density at radius 1 is 1.37 bits per heavy atom. The molecule has 0 saturated heterocycles. The van der Waals surface area contributed by atoms with E-state index in [0.29, 0.717) is 24.3 Å². The van der Waals surface area contributed by atoms with Crippen LogP contribution in [0.5, 0.6) is 0 Å². The van der Waals surface area contributed by atoms with Crippen LogP contribution in [0.25, 0.3) is 0 Å². The second-order valence-electron chi connectivity index (χ2n) is 5.17. The molecule has 1 aromatic rings. The van der Waals surface area contributed by atoms with Crippen LogP contribution in [-0.4, -0.2) is 34.3 Å². The topological polar surface area (TPSA) is 75.3 Å². The average molecular weight is 264 g/mol. The molecule has 0 spiro atoms. The smallest absolute Gasteiger partial charge is 0.136 e. The van der Waals surface area contributed by atoms with Crippen molar-refractivity contribution in [3.05, 3.63) is 11.9 Å². The van der Waals surface area contributed by atoms with Crippen molar-refractivity contribution in [1.82, 2.24) is 9.97 Å². The lowest BCUT2D eigenvalue weighted by molar-refractivity contribution is 0.295. The quantitative estimate of drug-likeness (QED) is 0.787. The summed E-state index contributed by atoms with van der Waals surface area (Å²) in [5.74, 6) is 2.74. The van der Waals surface area contributed by atoms with Crippen molar-refractivity contribution in [3.8, 4) is 0 Å². The van der Waals surface area contributed by atoms with Gasteiger partial charge in [0.2, 0.25) is 0 Å². The van der Waals surface area contributed by atoms with Crippen LogP contribution in [0.15, 0.2) is 6.07 Å². The Bertz CT molecular complexity index is 416. The lowest BCUT2D eigenvalue weighted by atomic mass is 10.1. The van der Waals surface area contributed by atoms with Crippen LogP contribution in [-0.2, 0) is 0 Å². The third kappa shape index (κ3) is 3.35. The van der Waals surface area contributed by atoms with E-state index in [1.54, 1.807) is 0 Å². The maximum absolute atomic E-state index is 9.28. The molecule has 5 heteroatoms. The van der Waals surface area contributed by atoms with Gasteiger partial charge in [0, 0.05) is 24.6 Å². The van der Waals surface area contributed by atoms with Gasteiger partial charge >= 0.3 is 0 Å². The summed E-state index contributed by atoms with van der Waals surface area (Å²) in [5.41, 5.74) is 5.90. The van der Waals surface area contributed by atoms with Crippen LogP contribution in [0.4, 0.5) is 11.6 Å². The molecular formula is C14H24N4O. The predicted molar refractivity (Wildman–Crippen MR) is 77.2 cm³/mol. The number of hydrogen-bond acceptors (Lipinski definition) is 5. The van der Waals surface area contributed by atoms with E-state index in [1.807, 2.05) is 6.07 Å². The van der Waals surface area contributed by atoms with Crippen molar-refractivity contribution in [2.45, 2.75) is 51.5 Å². The molecule has 19 heavy (non-hydrogen) atoms. The Kier molecular flexibility index (Phi) is 4.58. The Morgan fingerprint density at radius 2 is 2.05 bits per heavy atom. The van der Waals surface area contributed by atoms with Crippen LogP contribution in [0, 0.1) is 0 Å². The van der Waals surface area contributed by atoms with E-state index in [4.69, 9.17) is 5.73 Å². The zero-order chi connectivity index (χ0) is 13.8. The molecular weight excluding hydrogens is 240 g/mol. The molecule has 1 aliphatic carbocycles. The molecule has 3 N–H and O–H groups in total. The zero-order valence-electron chi connectivity index (χ0n) is 11.8. The molecule has 2 rings (SSSR count). The third-order valence-electron chi connectivity index (χ3n) is 3.71. The largest absolute Gasteiger partial charge is 0.395 e. The molecule has 5 nitrogen and oxygen atoms in total. The molecule has 0 aromatic carbocycles. The number of hydrogen-bond donors (Lipinski definition) is 2. The summed E-state index contributed by atoms with van der Waals surface area (Å²) < 4.78 is 0. The number of aliphatic hydroxyl groups excluding tert-OH is 1. The van der Waals surface area contributed by atoms with Crippen molar-refractivity contribution in [2.24, 2.45) is 0 Å². The van der Waals surface area contributed by atoms with Crippen LogP contribution in [0.1, 0.15) is 51.3 Å². The minimum absolute atomic E-state index is 0.124. The fraction of sp³-hybridized carbons (Fsp3) is 0.714. The number of anilines is 2. The van der Waals surface area contributed by atoms with Crippen molar-refractivity contribution in [3.63, 3.8) is 0 Å². The van der Waals surface area contributed by atoms with Gasteiger partial charge in [-0.05, 0) is 25.7 Å². The normalized spacial score (nSPS) is 14.9. The number of nitrogens with zero attached hydrogens (tertiary/aromatic N) is 3. The van der Waals surface area contributed by atoms with Crippen molar-refractivity contribution >= 4 is 11.6 Å². The third-order valence-corrected chi connectivity index (χ3v) is 3.71. The van der Waals surface area contributed by atoms with Gasteiger partial charge < -0.3 is 15.7 Å². The summed E-state index contributed by atoms with van der Waals surface area (Å²) in [7, 11) is 0. The molecule has 106 valence electrons. The van der Waals surface area contributed by atoms with E-state index in [0.717, 1.165) is 37.3 Å². The van der Waals surface area contributed by atoms with Crippen molar-refractivity contribution in [1.29, 1.82) is 0 Å². The van der Waals surface area contributed by atoms with Gasteiger partial charge in [0.05, 0.1) is 6.61 Å². The maximum Gasteiger partial charge on any atom is 0.136 e. The first-order valence-corrected chi connectivity index (χ1v) is 7.21. The molecule has 0 amide bonds. The number of aromatic nitrogens is 2. The molecule has 1 heterocycles. The Hall–Kier alpha value is -1.36. The Balaban J connectivity index is 2.29.